The molecule has 0 heterocycles. The fourth-order valence-corrected chi connectivity index (χ4v) is 4.15. The van der Waals surface area contributed by atoms with Gasteiger partial charge in [-0.1, -0.05) is 11.6 Å². The third-order valence-corrected chi connectivity index (χ3v) is 5.83. The molecule has 2 N–H and O–H groups in total. The highest BCUT2D eigenvalue weighted by molar-refractivity contribution is 7.92. The standard InChI is InChI=1S/C18H19ClN2O7S/c1-11(22)20-12-4-6-13(7-5-12)29(25,26)21(10-18(23)24)15-9-16(27-2)14(19)8-17(15)28-3/h4-9H,10H2,1-3H3,(H,20,22)(H,23,24). The molecule has 0 fully saturated rings. The summed E-state index contributed by atoms with van der Waals surface area (Å²) in [5.41, 5.74) is 0.342. The van der Waals surface area contributed by atoms with Gasteiger partial charge in [0, 0.05) is 24.7 Å². The molecule has 0 aliphatic heterocycles. The van der Waals surface area contributed by atoms with Gasteiger partial charge in [-0.3, -0.25) is 13.9 Å². The van der Waals surface area contributed by atoms with E-state index in [2.05, 4.69) is 5.32 Å². The maximum Gasteiger partial charge on any atom is 0.324 e. The van der Waals surface area contributed by atoms with Gasteiger partial charge in [0.25, 0.3) is 10.0 Å². The number of rotatable bonds is 8. The second-order valence-electron chi connectivity index (χ2n) is 5.77. The topological polar surface area (TPSA) is 122 Å². The van der Waals surface area contributed by atoms with Gasteiger partial charge < -0.3 is 19.9 Å². The molecular weight excluding hydrogens is 424 g/mol. The molecule has 0 radical (unpaired) electrons. The number of anilines is 2. The van der Waals surface area contributed by atoms with Crippen molar-refractivity contribution in [2.24, 2.45) is 0 Å². The van der Waals surface area contributed by atoms with E-state index in [4.69, 9.17) is 21.1 Å². The molecule has 0 aliphatic rings. The lowest BCUT2D eigenvalue weighted by Gasteiger charge is -2.25. The highest BCUT2D eigenvalue weighted by Gasteiger charge is 2.30. The van der Waals surface area contributed by atoms with Crippen LogP contribution in [0, 0.1) is 0 Å². The minimum atomic E-state index is -4.30. The summed E-state index contributed by atoms with van der Waals surface area (Å²) in [6, 6.07) is 7.93. The number of carbonyl (C=O) groups is 2. The van der Waals surface area contributed by atoms with Crippen LogP contribution in [-0.2, 0) is 19.6 Å². The molecule has 0 aliphatic carbocycles. The Labute approximate surface area is 172 Å². The summed E-state index contributed by atoms with van der Waals surface area (Å²) in [5, 5.41) is 12.0. The fourth-order valence-electron chi connectivity index (χ4n) is 2.50. The number of aliphatic carboxylic acids is 1. The third-order valence-electron chi connectivity index (χ3n) is 3.76. The van der Waals surface area contributed by atoms with Crippen molar-refractivity contribution in [3.05, 3.63) is 41.4 Å². The minimum absolute atomic E-state index is 0.0514. The van der Waals surface area contributed by atoms with Gasteiger partial charge in [-0.2, -0.15) is 0 Å². The van der Waals surface area contributed by atoms with E-state index in [0.29, 0.717) is 9.99 Å². The Morgan fingerprint density at radius 2 is 1.69 bits per heavy atom. The number of carbonyl (C=O) groups excluding carboxylic acids is 1. The zero-order chi connectivity index (χ0) is 21.8. The number of amides is 1. The van der Waals surface area contributed by atoms with Crippen molar-refractivity contribution in [1.29, 1.82) is 0 Å². The maximum atomic E-state index is 13.2. The number of halogens is 1. The SMILES string of the molecule is COc1cc(N(CC(=O)O)S(=O)(=O)c2ccc(NC(C)=O)cc2)c(OC)cc1Cl. The van der Waals surface area contributed by atoms with Crippen LogP contribution in [0.1, 0.15) is 6.92 Å². The molecule has 11 heteroatoms. The van der Waals surface area contributed by atoms with E-state index in [9.17, 15) is 23.1 Å². The van der Waals surface area contributed by atoms with E-state index < -0.39 is 22.5 Å². The first-order valence-electron chi connectivity index (χ1n) is 8.14. The third kappa shape index (κ3) is 5.09. The Balaban J connectivity index is 2.60. The van der Waals surface area contributed by atoms with Crippen LogP contribution in [0.15, 0.2) is 41.3 Å². The molecule has 0 saturated heterocycles. The van der Waals surface area contributed by atoms with Gasteiger partial charge in [-0.25, -0.2) is 8.42 Å². The summed E-state index contributed by atoms with van der Waals surface area (Å²) in [4.78, 5) is 22.4. The molecule has 0 aromatic heterocycles. The zero-order valence-corrected chi connectivity index (χ0v) is 17.4. The van der Waals surface area contributed by atoms with Crippen LogP contribution in [0.25, 0.3) is 0 Å². The van der Waals surface area contributed by atoms with Crippen molar-refractivity contribution < 1.29 is 32.6 Å². The first-order valence-corrected chi connectivity index (χ1v) is 9.95. The summed E-state index contributed by atoms with van der Waals surface area (Å²) in [7, 11) is -1.66. The average molecular weight is 443 g/mol. The van der Waals surface area contributed by atoms with Crippen molar-refractivity contribution in [1.82, 2.24) is 0 Å². The maximum absolute atomic E-state index is 13.2. The van der Waals surface area contributed by atoms with Gasteiger partial charge >= 0.3 is 5.97 Å². The molecule has 1 amide bonds. The Morgan fingerprint density at radius 1 is 1.10 bits per heavy atom. The first kappa shape index (κ1) is 22.3. The Morgan fingerprint density at radius 3 is 2.17 bits per heavy atom. The second kappa shape index (κ2) is 9.01. The fraction of sp³-hybridized carbons (Fsp3) is 0.222. The Bertz CT molecular complexity index is 1020. The van der Waals surface area contributed by atoms with Gasteiger partial charge in [0.15, 0.2) is 0 Å². The number of benzene rings is 2. The summed E-state index contributed by atoms with van der Waals surface area (Å²) in [6.07, 6.45) is 0. The number of nitrogens with one attached hydrogen (secondary N) is 1. The van der Waals surface area contributed by atoms with E-state index in [-0.39, 0.29) is 33.0 Å². The molecule has 0 saturated carbocycles. The highest BCUT2D eigenvalue weighted by Crippen LogP contribution is 2.40. The van der Waals surface area contributed by atoms with Crippen LogP contribution in [0.3, 0.4) is 0 Å². The lowest BCUT2D eigenvalue weighted by atomic mass is 10.2. The average Bonchev–Trinajstić information content (AvgIpc) is 2.65. The molecule has 9 nitrogen and oxygen atoms in total. The molecule has 29 heavy (non-hydrogen) atoms. The molecule has 0 unspecified atom stereocenters. The van der Waals surface area contributed by atoms with Crippen LogP contribution in [0.5, 0.6) is 11.5 Å². The number of hydrogen-bond donors (Lipinski definition) is 2. The van der Waals surface area contributed by atoms with Crippen LogP contribution >= 0.6 is 11.6 Å². The van der Waals surface area contributed by atoms with Crippen molar-refractivity contribution >= 4 is 44.9 Å². The van der Waals surface area contributed by atoms with Crippen LogP contribution in [-0.4, -0.2) is 46.2 Å². The van der Waals surface area contributed by atoms with Crippen molar-refractivity contribution in [2.75, 3.05) is 30.4 Å². The molecule has 2 rings (SSSR count). The van der Waals surface area contributed by atoms with Gasteiger partial charge in [-0.15, -0.1) is 0 Å². The van der Waals surface area contributed by atoms with Gasteiger partial charge in [0.2, 0.25) is 5.91 Å². The minimum Gasteiger partial charge on any atom is -0.495 e. The number of methoxy groups -OCH3 is 2. The zero-order valence-electron chi connectivity index (χ0n) is 15.8. The van der Waals surface area contributed by atoms with E-state index in [1.807, 2.05) is 0 Å². The van der Waals surface area contributed by atoms with E-state index in [0.717, 1.165) is 0 Å². The summed E-state index contributed by atoms with van der Waals surface area (Å²) < 4.78 is 37.4. The Hall–Kier alpha value is -2.98. The summed E-state index contributed by atoms with van der Waals surface area (Å²) >= 11 is 6.06. The van der Waals surface area contributed by atoms with Crippen molar-refractivity contribution in [2.45, 2.75) is 11.8 Å². The van der Waals surface area contributed by atoms with Gasteiger partial charge in [-0.05, 0) is 24.3 Å². The molecular formula is C18H19ClN2O7S. The molecule has 0 atom stereocenters. The lowest BCUT2D eigenvalue weighted by Crippen LogP contribution is -2.36. The molecule has 2 aromatic carbocycles. The largest absolute Gasteiger partial charge is 0.495 e. The number of ether oxygens (including phenoxy) is 2. The summed E-state index contributed by atoms with van der Waals surface area (Å²) in [5.74, 6) is -1.49. The van der Waals surface area contributed by atoms with E-state index >= 15 is 0 Å². The number of carboxylic acids is 1. The van der Waals surface area contributed by atoms with Crippen LogP contribution in [0.4, 0.5) is 11.4 Å². The second-order valence-corrected chi connectivity index (χ2v) is 8.04. The molecule has 0 bridgehead atoms. The monoisotopic (exact) mass is 442 g/mol. The van der Waals surface area contributed by atoms with E-state index in [1.165, 1.54) is 57.5 Å². The van der Waals surface area contributed by atoms with Crippen LogP contribution < -0.4 is 19.1 Å². The molecule has 0 spiro atoms. The lowest BCUT2D eigenvalue weighted by molar-refractivity contribution is -0.135. The highest BCUT2D eigenvalue weighted by atomic mass is 35.5. The first-order chi connectivity index (χ1) is 13.6. The molecule has 156 valence electrons. The van der Waals surface area contributed by atoms with Crippen molar-refractivity contribution in [3.63, 3.8) is 0 Å². The number of nitrogens with zero attached hydrogens (tertiary/aromatic N) is 1. The normalized spacial score (nSPS) is 10.9. The number of carboxylic acid groups (broad SMARTS) is 1. The predicted molar refractivity (Wildman–Crippen MR) is 107 cm³/mol. The molecule has 2 aromatic rings. The van der Waals surface area contributed by atoms with Crippen LogP contribution in [0.2, 0.25) is 5.02 Å². The van der Waals surface area contributed by atoms with E-state index in [1.54, 1.807) is 0 Å². The number of sulfonamides is 1. The number of hydrogen-bond acceptors (Lipinski definition) is 6. The Kier molecular flexibility index (Phi) is 6.93. The smallest absolute Gasteiger partial charge is 0.324 e. The predicted octanol–water partition coefficient (Wildman–Crippen LogP) is 2.60. The van der Waals surface area contributed by atoms with Crippen molar-refractivity contribution in [3.8, 4) is 11.5 Å². The van der Waals surface area contributed by atoms with Gasteiger partial charge in [0.1, 0.15) is 18.0 Å². The van der Waals surface area contributed by atoms with Gasteiger partial charge in [0.05, 0.1) is 29.8 Å². The summed E-state index contributed by atoms with van der Waals surface area (Å²) in [6.45, 7) is 0.455. The quantitative estimate of drug-likeness (QED) is 0.644.